The molecule has 0 radical (unpaired) electrons. The first kappa shape index (κ1) is 17.1. The molecule has 0 aromatic carbocycles. The van der Waals surface area contributed by atoms with E-state index in [-0.39, 0.29) is 18.5 Å². The van der Waals surface area contributed by atoms with Crippen molar-refractivity contribution in [3.05, 3.63) is 11.6 Å². The summed E-state index contributed by atoms with van der Waals surface area (Å²) in [5, 5.41) is 6.65. The third-order valence-electron chi connectivity index (χ3n) is 4.42. The van der Waals surface area contributed by atoms with Crippen molar-refractivity contribution in [3.8, 4) is 0 Å². The molecule has 0 aromatic rings. The second kappa shape index (κ2) is 6.31. The zero-order valence-corrected chi connectivity index (χ0v) is 13.9. The first-order chi connectivity index (χ1) is 11.3. The molecule has 10 nitrogen and oxygen atoms in total. The molecule has 2 fully saturated rings. The summed E-state index contributed by atoms with van der Waals surface area (Å²) in [6.07, 6.45) is 3.20. The Morgan fingerprint density at radius 1 is 1.42 bits per heavy atom. The molecule has 2 saturated heterocycles. The Balaban J connectivity index is 1.74. The zero-order valence-electron chi connectivity index (χ0n) is 13.1. The fourth-order valence-electron chi connectivity index (χ4n) is 3.38. The number of fused-ring (bicyclic) bond motifs is 2. The van der Waals surface area contributed by atoms with E-state index in [0.717, 1.165) is 25.9 Å². The summed E-state index contributed by atoms with van der Waals surface area (Å²) in [6.45, 7) is 3.42. The van der Waals surface area contributed by atoms with E-state index in [1.807, 2.05) is 0 Å². The lowest BCUT2D eigenvalue weighted by Crippen LogP contribution is -2.53. The standard InChI is InChI=1S/C13H20N4O6S/c1-8-6-10-7-16(13(19)17(10)23-24(20,21)22)11(8)12(18)15-9-2-4-14-5-3-9/h6,9-11,14H,2-5,7H2,1H3,(H,15,18)(H,20,21,22)/p-1/t10-,11+/m1/s1. The van der Waals surface area contributed by atoms with Crippen molar-refractivity contribution in [1.29, 1.82) is 0 Å². The molecular formula is C13H19N4O6S-. The number of nitrogens with one attached hydrogen (secondary N) is 2. The van der Waals surface area contributed by atoms with Crippen molar-refractivity contribution in [2.24, 2.45) is 0 Å². The number of nitrogens with zero attached hydrogens (tertiary/aromatic N) is 2. The number of urea groups is 1. The highest BCUT2D eigenvalue weighted by atomic mass is 32.3. The van der Waals surface area contributed by atoms with E-state index in [1.165, 1.54) is 4.90 Å². The highest BCUT2D eigenvalue weighted by molar-refractivity contribution is 7.80. The van der Waals surface area contributed by atoms with Gasteiger partial charge in [-0.25, -0.2) is 13.2 Å². The van der Waals surface area contributed by atoms with Crippen molar-refractivity contribution in [1.82, 2.24) is 20.6 Å². The second-order valence-corrected chi connectivity index (χ2v) is 7.12. The Labute approximate surface area is 139 Å². The van der Waals surface area contributed by atoms with Gasteiger partial charge in [0, 0.05) is 6.04 Å². The van der Waals surface area contributed by atoms with E-state index in [2.05, 4.69) is 14.9 Å². The molecule has 0 spiro atoms. The van der Waals surface area contributed by atoms with Crippen LogP contribution < -0.4 is 10.6 Å². The van der Waals surface area contributed by atoms with Gasteiger partial charge in [0.15, 0.2) is 0 Å². The maximum atomic E-state index is 12.6. The fraction of sp³-hybridized carbons (Fsp3) is 0.692. The van der Waals surface area contributed by atoms with Crippen LogP contribution >= 0.6 is 0 Å². The van der Waals surface area contributed by atoms with Gasteiger partial charge in [-0.2, -0.15) is 9.35 Å². The Kier molecular flexibility index (Phi) is 4.51. The molecule has 0 aromatic heterocycles. The number of amides is 3. The minimum atomic E-state index is -5.07. The number of hydrogen-bond donors (Lipinski definition) is 2. The van der Waals surface area contributed by atoms with Gasteiger partial charge in [0.2, 0.25) is 16.3 Å². The summed E-state index contributed by atoms with van der Waals surface area (Å²) in [5.74, 6) is -0.311. The molecule has 2 atom stereocenters. The number of rotatable bonds is 4. The number of piperidine rings is 1. The summed E-state index contributed by atoms with van der Waals surface area (Å²) in [4.78, 5) is 26.1. The lowest BCUT2D eigenvalue weighted by molar-refractivity contribution is -0.125. The maximum absolute atomic E-state index is 12.6. The molecule has 3 heterocycles. The van der Waals surface area contributed by atoms with Crippen LogP contribution in [0.15, 0.2) is 11.6 Å². The van der Waals surface area contributed by atoms with Gasteiger partial charge in [-0.05, 0) is 38.4 Å². The van der Waals surface area contributed by atoms with Crippen LogP contribution in [0.2, 0.25) is 0 Å². The molecule has 2 bridgehead atoms. The van der Waals surface area contributed by atoms with E-state index < -0.39 is 28.5 Å². The lowest BCUT2D eigenvalue weighted by atomic mass is 9.98. The molecule has 0 saturated carbocycles. The average molecular weight is 359 g/mol. The molecule has 0 unspecified atom stereocenters. The molecule has 11 heteroatoms. The van der Waals surface area contributed by atoms with E-state index in [1.54, 1.807) is 13.0 Å². The largest absolute Gasteiger partial charge is 0.724 e. The highest BCUT2D eigenvalue weighted by Gasteiger charge is 2.48. The van der Waals surface area contributed by atoms with Crippen LogP contribution in [0.3, 0.4) is 0 Å². The van der Waals surface area contributed by atoms with Gasteiger partial charge < -0.3 is 20.1 Å². The van der Waals surface area contributed by atoms with Gasteiger partial charge in [-0.1, -0.05) is 6.08 Å². The Bertz CT molecular complexity index is 672. The van der Waals surface area contributed by atoms with Gasteiger partial charge >= 0.3 is 6.03 Å². The lowest BCUT2D eigenvalue weighted by Gasteiger charge is -2.32. The molecule has 3 amide bonds. The summed E-state index contributed by atoms with van der Waals surface area (Å²) >= 11 is 0. The van der Waals surface area contributed by atoms with Crippen LogP contribution in [-0.4, -0.2) is 72.6 Å². The molecule has 3 rings (SSSR count). The van der Waals surface area contributed by atoms with Gasteiger partial charge in [-0.15, -0.1) is 0 Å². The quantitative estimate of drug-likeness (QED) is 0.362. The minimum Gasteiger partial charge on any atom is -0.724 e. The van der Waals surface area contributed by atoms with Crippen molar-refractivity contribution in [3.63, 3.8) is 0 Å². The first-order valence-corrected chi connectivity index (χ1v) is 9.04. The molecular weight excluding hydrogens is 340 g/mol. The second-order valence-electron chi connectivity index (χ2n) is 6.16. The summed E-state index contributed by atoms with van der Waals surface area (Å²) in [7, 11) is -5.07. The smallest absolute Gasteiger partial charge is 0.346 e. The summed E-state index contributed by atoms with van der Waals surface area (Å²) in [5.41, 5.74) is 0.612. The van der Waals surface area contributed by atoms with Gasteiger partial charge in [0.1, 0.15) is 6.04 Å². The molecule has 24 heavy (non-hydrogen) atoms. The molecule has 134 valence electrons. The minimum absolute atomic E-state index is 0.0383. The molecule has 3 aliphatic rings. The Morgan fingerprint density at radius 3 is 2.71 bits per heavy atom. The third kappa shape index (κ3) is 3.38. The molecule has 0 aliphatic carbocycles. The number of hydroxylamine groups is 2. The van der Waals surface area contributed by atoms with E-state index >= 15 is 0 Å². The van der Waals surface area contributed by atoms with Crippen molar-refractivity contribution < 1.29 is 26.8 Å². The summed E-state index contributed by atoms with van der Waals surface area (Å²) in [6, 6.07) is -2.30. The number of carbonyl (C=O) groups excluding carboxylic acids is 2. The van der Waals surface area contributed by atoms with Crippen LogP contribution in [0.1, 0.15) is 19.8 Å². The SMILES string of the molecule is CC1=C[C@@H]2CN(C(=O)N2OS(=O)(=O)[O-])[C@@H]1C(=O)NC1CCNCC1. The van der Waals surface area contributed by atoms with E-state index in [4.69, 9.17) is 0 Å². The fourth-order valence-corrected chi connectivity index (χ4v) is 3.75. The van der Waals surface area contributed by atoms with Crippen molar-refractivity contribution >= 4 is 22.3 Å². The normalized spacial score (nSPS) is 28.1. The van der Waals surface area contributed by atoms with Gasteiger partial charge in [0.25, 0.3) is 0 Å². The number of hydrogen-bond acceptors (Lipinski definition) is 7. The maximum Gasteiger partial charge on any atom is 0.346 e. The Morgan fingerprint density at radius 2 is 2.08 bits per heavy atom. The van der Waals surface area contributed by atoms with Crippen LogP contribution in [0.4, 0.5) is 4.79 Å². The predicted octanol–water partition coefficient (Wildman–Crippen LogP) is -1.32. The van der Waals surface area contributed by atoms with Gasteiger partial charge in [-0.3, -0.25) is 4.79 Å². The third-order valence-corrected chi connectivity index (χ3v) is 4.77. The van der Waals surface area contributed by atoms with Gasteiger partial charge in [0.05, 0.1) is 12.6 Å². The zero-order chi connectivity index (χ0) is 17.5. The monoisotopic (exact) mass is 359 g/mol. The van der Waals surface area contributed by atoms with Crippen LogP contribution in [-0.2, 0) is 19.5 Å². The van der Waals surface area contributed by atoms with E-state index in [9.17, 15) is 22.6 Å². The van der Waals surface area contributed by atoms with Crippen molar-refractivity contribution in [2.75, 3.05) is 19.6 Å². The predicted molar refractivity (Wildman–Crippen MR) is 80.1 cm³/mol. The highest BCUT2D eigenvalue weighted by Crippen LogP contribution is 2.30. The van der Waals surface area contributed by atoms with Crippen LogP contribution in [0.5, 0.6) is 0 Å². The van der Waals surface area contributed by atoms with Crippen LogP contribution in [0, 0.1) is 0 Å². The Hall–Kier alpha value is -1.69. The number of carbonyl (C=O) groups is 2. The summed E-state index contributed by atoms with van der Waals surface area (Å²) < 4.78 is 36.6. The molecule has 3 aliphatic heterocycles. The topological polar surface area (TPSA) is 131 Å². The first-order valence-electron chi connectivity index (χ1n) is 7.71. The van der Waals surface area contributed by atoms with Crippen molar-refractivity contribution in [2.45, 2.75) is 37.9 Å². The van der Waals surface area contributed by atoms with Crippen LogP contribution in [0.25, 0.3) is 0 Å². The molecule has 2 N–H and O–H groups in total. The van der Waals surface area contributed by atoms with E-state index in [0.29, 0.717) is 10.6 Å². The average Bonchev–Trinajstić information content (AvgIpc) is 2.72.